The number of likely N-dealkylation sites (tertiary alicyclic amines) is 1. The number of hydrogen-bond donors (Lipinski definition) is 2. The maximum atomic E-state index is 12.9. The second kappa shape index (κ2) is 4.67. The Morgan fingerprint density at radius 3 is 2.76 bits per heavy atom. The minimum atomic E-state index is -1.01. The zero-order valence-electron chi connectivity index (χ0n) is 8.99. The molecule has 0 radical (unpaired) electrons. The standard InChI is InChI=1S/C11H12F2N2O2/c12-9-2-1-7(5-10(9)13)14-11(17)15-4-3-8(16)6-15/h1-2,5,8,16H,3-4,6H2,(H,14,17)/t8-/m1/s1. The van der Waals surface area contributed by atoms with Crippen molar-refractivity contribution < 1.29 is 18.7 Å². The van der Waals surface area contributed by atoms with Gasteiger partial charge in [0.15, 0.2) is 11.6 Å². The van der Waals surface area contributed by atoms with Gasteiger partial charge in [-0.15, -0.1) is 0 Å². The highest BCUT2D eigenvalue weighted by Gasteiger charge is 2.24. The number of aliphatic hydroxyl groups is 1. The zero-order valence-corrected chi connectivity index (χ0v) is 8.99. The quantitative estimate of drug-likeness (QED) is 0.785. The van der Waals surface area contributed by atoms with Gasteiger partial charge in [-0.1, -0.05) is 0 Å². The molecule has 6 heteroatoms. The molecule has 1 aliphatic rings. The second-order valence-electron chi connectivity index (χ2n) is 3.95. The number of anilines is 1. The van der Waals surface area contributed by atoms with Gasteiger partial charge in [0.05, 0.1) is 6.10 Å². The zero-order chi connectivity index (χ0) is 12.4. The van der Waals surface area contributed by atoms with Crippen LogP contribution < -0.4 is 5.32 Å². The summed E-state index contributed by atoms with van der Waals surface area (Å²) in [7, 11) is 0. The molecule has 1 aliphatic heterocycles. The van der Waals surface area contributed by atoms with Crippen LogP contribution in [-0.4, -0.2) is 35.2 Å². The Hall–Kier alpha value is -1.69. The van der Waals surface area contributed by atoms with E-state index in [2.05, 4.69) is 5.32 Å². The minimum Gasteiger partial charge on any atom is -0.391 e. The third kappa shape index (κ3) is 2.71. The van der Waals surface area contributed by atoms with E-state index in [-0.39, 0.29) is 12.2 Å². The second-order valence-corrected chi connectivity index (χ2v) is 3.95. The molecule has 1 fully saturated rings. The molecule has 1 aromatic carbocycles. The van der Waals surface area contributed by atoms with E-state index in [1.54, 1.807) is 0 Å². The van der Waals surface area contributed by atoms with Gasteiger partial charge in [-0.3, -0.25) is 0 Å². The minimum absolute atomic E-state index is 0.190. The summed E-state index contributed by atoms with van der Waals surface area (Å²) >= 11 is 0. The lowest BCUT2D eigenvalue weighted by Crippen LogP contribution is -2.33. The lowest BCUT2D eigenvalue weighted by atomic mass is 10.3. The van der Waals surface area contributed by atoms with E-state index in [1.807, 2.05) is 0 Å². The number of β-amino-alcohol motifs (C(OH)–C–C–N with tert-alkyl or cyclic N) is 1. The van der Waals surface area contributed by atoms with Crippen molar-refractivity contribution in [1.29, 1.82) is 0 Å². The predicted molar refractivity (Wildman–Crippen MR) is 57.6 cm³/mol. The average Bonchev–Trinajstić information content (AvgIpc) is 2.70. The van der Waals surface area contributed by atoms with Crippen LogP contribution in [0, 0.1) is 11.6 Å². The number of rotatable bonds is 1. The molecule has 0 aliphatic carbocycles. The molecule has 0 aromatic heterocycles. The molecular weight excluding hydrogens is 230 g/mol. The maximum absolute atomic E-state index is 12.9. The molecule has 92 valence electrons. The number of hydrogen-bond acceptors (Lipinski definition) is 2. The van der Waals surface area contributed by atoms with Crippen LogP contribution in [0.5, 0.6) is 0 Å². The van der Waals surface area contributed by atoms with E-state index in [0.29, 0.717) is 13.0 Å². The van der Waals surface area contributed by atoms with Crippen LogP contribution >= 0.6 is 0 Å². The molecule has 1 saturated heterocycles. The lowest BCUT2D eigenvalue weighted by Gasteiger charge is -2.16. The van der Waals surface area contributed by atoms with Gasteiger partial charge in [0.1, 0.15) is 0 Å². The van der Waals surface area contributed by atoms with Crippen molar-refractivity contribution in [3.8, 4) is 0 Å². The molecule has 1 heterocycles. The van der Waals surface area contributed by atoms with Crippen LogP contribution in [-0.2, 0) is 0 Å². The summed E-state index contributed by atoms with van der Waals surface area (Å²) in [5.74, 6) is -1.97. The van der Waals surface area contributed by atoms with Crippen molar-refractivity contribution in [2.75, 3.05) is 18.4 Å². The SMILES string of the molecule is O=C(Nc1ccc(F)c(F)c1)N1CC[C@@H](O)C1. The largest absolute Gasteiger partial charge is 0.391 e. The van der Waals surface area contributed by atoms with Gasteiger partial charge < -0.3 is 15.3 Å². The number of amides is 2. The van der Waals surface area contributed by atoms with E-state index >= 15 is 0 Å². The van der Waals surface area contributed by atoms with Gasteiger partial charge >= 0.3 is 6.03 Å². The molecule has 2 amide bonds. The number of carbonyl (C=O) groups excluding carboxylic acids is 1. The maximum Gasteiger partial charge on any atom is 0.321 e. The van der Waals surface area contributed by atoms with Crippen LogP contribution in [0.15, 0.2) is 18.2 Å². The summed E-state index contributed by atoms with van der Waals surface area (Å²) in [5, 5.41) is 11.7. The van der Waals surface area contributed by atoms with Crippen molar-refractivity contribution in [1.82, 2.24) is 4.90 Å². The summed E-state index contributed by atoms with van der Waals surface area (Å²) in [4.78, 5) is 13.1. The Bertz CT molecular complexity index is 439. The van der Waals surface area contributed by atoms with Crippen LogP contribution in [0.25, 0.3) is 0 Å². The first-order chi connectivity index (χ1) is 8.06. The monoisotopic (exact) mass is 242 g/mol. The van der Waals surface area contributed by atoms with Gasteiger partial charge in [0.2, 0.25) is 0 Å². The highest BCUT2D eigenvalue weighted by atomic mass is 19.2. The first-order valence-electron chi connectivity index (χ1n) is 5.25. The van der Waals surface area contributed by atoms with Crippen LogP contribution in [0.2, 0.25) is 0 Å². The number of urea groups is 1. The Labute approximate surface area is 96.8 Å². The van der Waals surface area contributed by atoms with E-state index in [4.69, 9.17) is 0 Å². The number of nitrogens with zero attached hydrogens (tertiary/aromatic N) is 1. The molecule has 1 aromatic rings. The van der Waals surface area contributed by atoms with Crippen LogP contribution in [0.4, 0.5) is 19.3 Å². The summed E-state index contributed by atoms with van der Waals surface area (Å²) in [6, 6.07) is 2.72. The first-order valence-corrected chi connectivity index (χ1v) is 5.25. The van der Waals surface area contributed by atoms with E-state index in [0.717, 1.165) is 12.1 Å². The summed E-state index contributed by atoms with van der Waals surface area (Å²) in [5.41, 5.74) is 0.190. The number of carbonyl (C=O) groups is 1. The fourth-order valence-corrected chi connectivity index (χ4v) is 1.70. The molecule has 2 N–H and O–H groups in total. The molecule has 4 nitrogen and oxygen atoms in total. The number of halogens is 2. The fourth-order valence-electron chi connectivity index (χ4n) is 1.70. The molecule has 0 saturated carbocycles. The van der Waals surface area contributed by atoms with Crippen molar-refractivity contribution in [3.05, 3.63) is 29.8 Å². The van der Waals surface area contributed by atoms with Gasteiger partial charge in [-0.2, -0.15) is 0 Å². The fraction of sp³-hybridized carbons (Fsp3) is 0.364. The summed E-state index contributed by atoms with van der Waals surface area (Å²) < 4.78 is 25.5. The van der Waals surface area contributed by atoms with Gasteiger partial charge in [-0.05, 0) is 18.6 Å². The normalized spacial score (nSPS) is 19.5. The van der Waals surface area contributed by atoms with Crippen molar-refractivity contribution in [3.63, 3.8) is 0 Å². The molecule has 2 rings (SSSR count). The molecule has 17 heavy (non-hydrogen) atoms. The molecule has 0 unspecified atom stereocenters. The van der Waals surface area contributed by atoms with Crippen molar-refractivity contribution >= 4 is 11.7 Å². The topological polar surface area (TPSA) is 52.6 Å². The van der Waals surface area contributed by atoms with E-state index < -0.39 is 23.8 Å². The predicted octanol–water partition coefficient (Wildman–Crippen LogP) is 1.56. The summed E-state index contributed by atoms with van der Waals surface area (Å²) in [6.45, 7) is 0.714. The average molecular weight is 242 g/mol. The van der Waals surface area contributed by atoms with E-state index in [9.17, 15) is 18.7 Å². The van der Waals surface area contributed by atoms with Gasteiger partial charge in [-0.25, -0.2) is 13.6 Å². The van der Waals surface area contributed by atoms with Gasteiger partial charge in [0, 0.05) is 24.8 Å². The molecule has 0 spiro atoms. The Kier molecular flexibility index (Phi) is 3.23. The molecule has 1 atom stereocenters. The van der Waals surface area contributed by atoms with E-state index in [1.165, 1.54) is 11.0 Å². The number of aliphatic hydroxyl groups excluding tert-OH is 1. The highest BCUT2D eigenvalue weighted by Crippen LogP contribution is 2.15. The first kappa shape index (κ1) is 11.8. The van der Waals surface area contributed by atoms with Gasteiger partial charge in [0.25, 0.3) is 0 Å². The molecular formula is C11H12F2N2O2. The van der Waals surface area contributed by atoms with Crippen LogP contribution in [0.3, 0.4) is 0 Å². The lowest BCUT2D eigenvalue weighted by molar-refractivity contribution is 0.176. The smallest absolute Gasteiger partial charge is 0.321 e. The highest BCUT2D eigenvalue weighted by molar-refractivity contribution is 5.89. The third-order valence-electron chi connectivity index (χ3n) is 2.62. The Morgan fingerprint density at radius 1 is 1.41 bits per heavy atom. The number of benzene rings is 1. The third-order valence-corrected chi connectivity index (χ3v) is 2.62. The molecule has 0 bridgehead atoms. The van der Waals surface area contributed by atoms with Crippen molar-refractivity contribution in [2.24, 2.45) is 0 Å². The van der Waals surface area contributed by atoms with Crippen molar-refractivity contribution in [2.45, 2.75) is 12.5 Å². The van der Waals surface area contributed by atoms with Crippen LogP contribution in [0.1, 0.15) is 6.42 Å². The Balaban J connectivity index is 2.00. The Morgan fingerprint density at radius 2 is 2.18 bits per heavy atom. The number of nitrogens with one attached hydrogen (secondary N) is 1. The summed E-state index contributed by atoms with van der Waals surface area (Å²) in [6.07, 6.45) is 0.0243.